The summed E-state index contributed by atoms with van der Waals surface area (Å²) in [7, 11) is 0. The lowest BCUT2D eigenvalue weighted by Crippen LogP contribution is -2.44. The zero-order valence-corrected chi connectivity index (χ0v) is 17.3. The molecule has 1 unspecified atom stereocenters. The van der Waals surface area contributed by atoms with Crippen molar-refractivity contribution < 1.29 is 23.9 Å². The van der Waals surface area contributed by atoms with Crippen molar-refractivity contribution in [1.82, 2.24) is 9.47 Å². The van der Waals surface area contributed by atoms with Gasteiger partial charge in [0.05, 0.1) is 18.6 Å². The average molecular weight is 407 g/mol. The maximum absolute atomic E-state index is 13.0. The van der Waals surface area contributed by atoms with E-state index in [9.17, 15) is 14.4 Å². The molecule has 0 N–H and O–H groups in total. The van der Waals surface area contributed by atoms with Crippen LogP contribution in [0.3, 0.4) is 0 Å². The van der Waals surface area contributed by atoms with Crippen molar-refractivity contribution in [1.29, 1.82) is 0 Å². The van der Waals surface area contributed by atoms with Gasteiger partial charge in [0.2, 0.25) is 5.91 Å². The molecule has 0 radical (unpaired) electrons. The molecule has 1 amide bonds. The van der Waals surface area contributed by atoms with Gasteiger partial charge in [-0.3, -0.25) is 9.59 Å². The Labute approximate surface area is 168 Å². The van der Waals surface area contributed by atoms with E-state index in [1.807, 2.05) is 11.4 Å². The molecule has 0 bridgehead atoms. The first kappa shape index (κ1) is 20.4. The third-order valence-electron chi connectivity index (χ3n) is 4.74. The molecule has 0 aliphatic carbocycles. The van der Waals surface area contributed by atoms with Gasteiger partial charge in [-0.1, -0.05) is 0 Å². The molecule has 1 aliphatic heterocycles. The third-order valence-corrected chi connectivity index (χ3v) is 5.69. The Balaban J connectivity index is 1.78. The van der Waals surface area contributed by atoms with Crippen molar-refractivity contribution in [3.63, 3.8) is 0 Å². The first-order chi connectivity index (χ1) is 13.4. The summed E-state index contributed by atoms with van der Waals surface area (Å²) >= 11 is 1.48. The van der Waals surface area contributed by atoms with E-state index in [0.717, 1.165) is 23.1 Å². The van der Waals surface area contributed by atoms with E-state index in [-0.39, 0.29) is 30.4 Å². The number of ether oxygens (including phenoxy) is 2. The number of amides is 1. The first-order valence-corrected chi connectivity index (χ1v) is 10.5. The largest absolute Gasteiger partial charge is 0.466 e. The van der Waals surface area contributed by atoms with Gasteiger partial charge in [0, 0.05) is 18.5 Å². The summed E-state index contributed by atoms with van der Waals surface area (Å²) in [5.41, 5.74) is 0.378. The minimum Gasteiger partial charge on any atom is -0.466 e. The maximum Gasteiger partial charge on any atom is 0.355 e. The molecule has 28 heavy (non-hydrogen) atoms. The van der Waals surface area contributed by atoms with Gasteiger partial charge in [0.1, 0.15) is 17.1 Å². The molecule has 2 aromatic rings. The Bertz CT molecular complexity index is 869. The summed E-state index contributed by atoms with van der Waals surface area (Å²) in [5, 5.41) is 2.84. The van der Waals surface area contributed by atoms with Gasteiger partial charge in [0.25, 0.3) is 0 Å². The van der Waals surface area contributed by atoms with Crippen LogP contribution in [0.1, 0.15) is 44.1 Å². The standard InChI is InChI=1S/C20H26N2O5S/c1-4-26-19(24)15-6-5-8-21(11-15)17(23)12-22-16(20(25)27-13(2)3)10-14-7-9-28-18(14)22/h7,9-10,13,15H,4-6,8,11-12H2,1-3H3. The number of rotatable bonds is 6. The lowest BCUT2D eigenvalue weighted by Gasteiger charge is -2.31. The van der Waals surface area contributed by atoms with Crippen molar-refractivity contribution >= 4 is 39.4 Å². The second kappa shape index (κ2) is 8.77. The summed E-state index contributed by atoms with van der Waals surface area (Å²) < 4.78 is 12.2. The molecule has 0 spiro atoms. The fourth-order valence-corrected chi connectivity index (χ4v) is 4.36. The molecule has 1 atom stereocenters. The van der Waals surface area contributed by atoms with E-state index >= 15 is 0 Å². The van der Waals surface area contributed by atoms with Crippen LogP contribution in [0, 0.1) is 5.92 Å². The van der Waals surface area contributed by atoms with Crippen LogP contribution < -0.4 is 0 Å². The van der Waals surface area contributed by atoms with E-state index < -0.39 is 5.97 Å². The summed E-state index contributed by atoms with van der Waals surface area (Å²) in [5.74, 6) is -1.08. The topological polar surface area (TPSA) is 77.8 Å². The predicted molar refractivity (Wildman–Crippen MR) is 106 cm³/mol. The number of fused-ring (bicyclic) bond motifs is 1. The normalized spacial score (nSPS) is 17.1. The number of nitrogens with zero attached hydrogens (tertiary/aromatic N) is 2. The molecular weight excluding hydrogens is 380 g/mol. The molecule has 3 rings (SSSR count). The molecular formula is C20H26N2O5S. The summed E-state index contributed by atoms with van der Waals surface area (Å²) in [6.07, 6.45) is 1.25. The predicted octanol–water partition coefficient (Wildman–Crippen LogP) is 3.07. The molecule has 0 saturated carbocycles. The number of hydrogen-bond acceptors (Lipinski definition) is 6. The van der Waals surface area contributed by atoms with Crippen molar-refractivity contribution in [2.45, 2.75) is 46.3 Å². The van der Waals surface area contributed by atoms with Crippen LogP contribution in [0.25, 0.3) is 10.2 Å². The number of thiophene rings is 1. The summed E-state index contributed by atoms with van der Waals surface area (Å²) in [6.45, 7) is 6.71. The number of piperidine rings is 1. The molecule has 7 nitrogen and oxygen atoms in total. The Morgan fingerprint density at radius 1 is 1.32 bits per heavy atom. The minimum atomic E-state index is -0.436. The fraction of sp³-hybridized carbons (Fsp3) is 0.550. The Hall–Kier alpha value is -2.35. The van der Waals surface area contributed by atoms with Crippen LogP contribution >= 0.6 is 11.3 Å². The monoisotopic (exact) mass is 406 g/mol. The Morgan fingerprint density at radius 2 is 2.11 bits per heavy atom. The Morgan fingerprint density at radius 3 is 2.82 bits per heavy atom. The van der Waals surface area contributed by atoms with Gasteiger partial charge in [0.15, 0.2) is 0 Å². The number of carbonyl (C=O) groups is 3. The second-order valence-electron chi connectivity index (χ2n) is 7.18. The van der Waals surface area contributed by atoms with Gasteiger partial charge in [-0.05, 0) is 51.1 Å². The van der Waals surface area contributed by atoms with Crippen LogP contribution in [0.15, 0.2) is 17.5 Å². The third kappa shape index (κ3) is 4.38. The van der Waals surface area contributed by atoms with Gasteiger partial charge >= 0.3 is 11.9 Å². The number of carbonyl (C=O) groups excluding carboxylic acids is 3. The van der Waals surface area contributed by atoms with Crippen LogP contribution in [0.5, 0.6) is 0 Å². The van der Waals surface area contributed by atoms with Crippen LogP contribution in [0.4, 0.5) is 0 Å². The zero-order valence-electron chi connectivity index (χ0n) is 16.5. The average Bonchev–Trinajstić information content (AvgIpc) is 3.24. The first-order valence-electron chi connectivity index (χ1n) is 9.62. The number of esters is 2. The van der Waals surface area contributed by atoms with Crippen molar-refractivity contribution in [3.8, 4) is 0 Å². The zero-order chi connectivity index (χ0) is 20.3. The summed E-state index contributed by atoms with van der Waals surface area (Å²) in [4.78, 5) is 40.1. The second-order valence-corrected chi connectivity index (χ2v) is 8.08. The lowest BCUT2D eigenvalue weighted by atomic mass is 9.98. The van der Waals surface area contributed by atoms with Crippen molar-refractivity contribution in [2.75, 3.05) is 19.7 Å². The van der Waals surface area contributed by atoms with Crippen LogP contribution in [-0.4, -0.2) is 53.1 Å². The maximum atomic E-state index is 13.0. The summed E-state index contributed by atoms with van der Waals surface area (Å²) in [6, 6.07) is 3.69. The van der Waals surface area contributed by atoms with Crippen molar-refractivity contribution in [3.05, 3.63) is 23.2 Å². The van der Waals surface area contributed by atoms with Crippen LogP contribution in [0.2, 0.25) is 0 Å². The van der Waals surface area contributed by atoms with Gasteiger partial charge in [-0.15, -0.1) is 11.3 Å². The number of hydrogen-bond donors (Lipinski definition) is 0. The fourth-order valence-electron chi connectivity index (χ4n) is 3.47. The molecule has 1 aliphatic rings. The molecule has 2 aromatic heterocycles. The molecule has 1 fully saturated rings. The smallest absolute Gasteiger partial charge is 0.355 e. The van der Waals surface area contributed by atoms with Gasteiger partial charge < -0.3 is 18.9 Å². The minimum absolute atomic E-state index is 0.0437. The van der Waals surface area contributed by atoms with Gasteiger partial charge in [-0.2, -0.15) is 0 Å². The highest BCUT2D eigenvalue weighted by molar-refractivity contribution is 7.16. The van der Waals surface area contributed by atoms with E-state index in [1.54, 1.807) is 36.3 Å². The Kier molecular flexibility index (Phi) is 6.39. The van der Waals surface area contributed by atoms with E-state index in [1.165, 1.54) is 11.3 Å². The van der Waals surface area contributed by atoms with E-state index in [2.05, 4.69) is 0 Å². The molecule has 1 saturated heterocycles. The highest BCUT2D eigenvalue weighted by Crippen LogP contribution is 2.27. The lowest BCUT2D eigenvalue weighted by molar-refractivity contribution is -0.151. The molecule has 3 heterocycles. The van der Waals surface area contributed by atoms with E-state index in [4.69, 9.17) is 9.47 Å². The van der Waals surface area contributed by atoms with Crippen LogP contribution in [-0.2, 0) is 25.6 Å². The SMILES string of the molecule is CCOC(=O)C1CCCN(C(=O)Cn2c(C(=O)OC(C)C)cc3ccsc32)C1. The highest BCUT2D eigenvalue weighted by atomic mass is 32.1. The van der Waals surface area contributed by atoms with E-state index in [0.29, 0.717) is 25.4 Å². The highest BCUT2D eigenvalue weighted by Gasteiger charge is 2.30. The molecule has 8 heteroatoms. The van der Waals surface area contributed by atoms with Gasteiger partial charge in [-0.25, -0.2) is 4.79 Å². The van der Waals surface area contributed by atoms with Crippen molar-refractivity contribution in [2.24, 2.45) is 5.92 Å². The number of aromatic nitrogens is 1. The quantitative estimate of drug-likeness (QED) is 0.689. The molecule has 0 aromatic carbocycles. The number of likely N-dealkylation sites (tertiary alicyclic amines) is 1. The molecule has 152 valence electrons.